The van der Waals surface area contributed by atoms with Gasteiger partial charge in [-0.15, -0.1) is 0 Å². The molecular formula is C18H21N5O. The van der Waals surface area contributed by atoms with E-state index in [0.29, 0.717) is 6.04 Å². The predicted octanol–water partition coefficient (Wildman–Crippen LogP) is 3.03. The van der Waals surface area contributed by atoms with Crippen LogP contribution in [0.3, 0.4) is 0 Å². The molecule has 3 heterocycles. The Hall–Kier alpha value is -2.63. The summed E-state index contributed by atoms with van der Waals surface area (Å²) in [6.45, 7) is 3.87. The lowest BCUT2D eigenvalue weighted by molar-refractivity contribution is 0.452. The molecule has 0 amide bonds. The van der Waals surface area contributed by atoms with Crippen molar-refractivity contribution in [2.24, 2.45) is 0 Å². The van der Waals surface area contributed by atoms with Gasteiger partial charge in [0.1, 0.15) is 17.7 Å². The lowest BCUT2D eigenvalue weighted by Gasteiger charge is -2.36. The number of rotatable bonds is 3. The molecule has 1 aliphatic heterocycles. The van der Waals surface area contributed by atoms with Crippen molar-refractivity contribution in [1.82, 2.24) is 15.0 Å². The zero-order chi connectivity index (χ0) is 16.5. The Morgan fingerprint density at radius 3 is 2.71 bits per heavy atom. The molecule has 6 nitrogen and oxygen atoms in total. The zero-order valence-corrected chi connectivity index (χ0v) is 14.0. The quantitative estimate of drug-likeness (QED) is 0.738. The fourth-order valence-corrected chi connectivity index (χ4v) is 3.26. The molecule has 4 rings (SSSR count). The summed E-state index contributed by atoms with van der Waals surface area (Å²) in [5.41, 5.74) is 2.77. The Morgan fingerprint density at radius 1 is 1.17 bits per heavy atom. The van der Waals surface area contributed by atoms with Crippen molar-refractivity contribution in [3.63, 3.8) is 0 Å². The van der Waals surface area contributed by atoms with Crippen molar-refractivity contribution in [3.05, 3.63) is 42.4 Å². The number of para-hydroxylation sites is 2. The Bertz CT molecular complexity index is 805. The summed E-state index contributed by atoms with van der Waals surface area (Å²) >= 11 is 0. The molecule has 1 saturated heterocycles. The van der Waals surface area contributed by atoms with Crippen LogP contribution < -0.4 is 9.80 Å². The smallest absolute Gasteiger partial charge is 0.298 e. The van der Waals surface area contributed by atoms with Crippen LogP contribution in [-0.2, 0) is 0 Å². The summed E-state index contributed by atoms with van der Waals surface area (Å²) in [5, 5.41) is 0. The monoisotopic (exact) mass is 323 g/mol. The molecule has 1 aliphatic rings. The summed E-state index contributed by atoms with van der Waals surface area (Å²) in [6.07, 6.45) is 3.74. The third-order valence-corrected chi connectivity index (χ3v) is 4.72. The van der Waals surface area contributed by atoms with Crippen molar-refractivity contribution in [2.45, 2.75) is 25.8 Å². The molecule has 3 aromatic rings. The maximum Gasteiger partial charge on any atom is 0.298 e. The van der Waals surface area contributed by atoms with Gasteiger partial charge in [-0.25, -0.2) is 9.97 Å². The molecule has 0 saturated carbocycles. The first-order chi connectivity index (χ1) is 11.7. The van der Waals surface area contributed by atoms with Gasteiger partial charge in [-0.2, -0.15) is 4.98 Å². The lowest BCUT2D eigenvalue weighted by atomic mass is 10.0. The standard InChI is InChI=1S/C18H21N5O/c1-13-11-17(20-12-19-13)22(2)14-7-9-23(10-8-14)18-21-15-5-3-4-6-16(15)24-18/h3-6,11-12,14H,7-10H2,1-2H3. The van der Waals surface area contributed by atoms with Gasteiger partial charge in [-0.05, 0) is 31.9 Å². The van der Waals surface area contributed by atoms with Gasteiger partial charge in [0.15, 0.2) is 5.58 Å². The van der Waals surface area contributed by atoms with Crippen LogP contribution in [0, 0.1) is 6.92 Å². The van der Waals surface area contributed by atoms with Gasteiger partial charge in [0, 0.05) is 37.9 Å². The molecule has 1 fully saturated rings. The summed E-state index contributed by atoms with van der Waals surface area (Å²) in [7, 11) is 2.11. The Morgan fingerprint density at radius 2 is 1.96 bits per heavy atom. The van der Waals surface area contributed by atoms with E-state index in [-0.39, 0.29) is 0 Å². The molecule has 0 radical (unpaired) electrons. The van der Waals surface area contributed by atoms with Crippen LogP contribution in [0.1, 0.15) is 18.5 Å². The number of aryl methyl sites for hydroxylation is 1. The number of benzene rings is 1. The molecule has 1 aromatic carbocycles. The van der Waals surface area contributed by atoms with Crippen molar-refractivity contribution < 1.29 is 4.42 Å². The third-order valence-electron chi connectivity index (χ3n) is 4.72. The van der Waals surface area contributed by atoms with E-state index in [0.717, 1.165) is 54.6 Å². The number of oxazole rings is 1. The molecular weight excluding hydrogens is 302 g/mol. The highest BCUT2D eigenvalue weighted by atomic mass is 16.4. The molecule has 0 N–H and O–H groups in total. The number of fused-ring (bicyclic) bond motifs is 1. The fraction of sp³-hybridized carbons (Fsp3) is 0.389. The Balaban J connectivity index is 1.44. The minimum atomic E-state index is 0.472. The largest absolute Gasteiger partial charge is 0.423 e. The van der Waals surface area contributed by atoms with Crippen LogP contribution in [0.2, 0.25) is 0 Å². The summed E-state index contributed by atoms with van der Waals surface area (Å²) < 4.78 is 5.88. The minimum Gasteiger partial charge on any atom is -0.423 e. The van der Waals surface area contributed by atoms with Gasteiger partial charge in [0.25, 0.3) is 6.01 Å². The average Bonchev–Trinajstić information content (AvgIpc) is 3.05. The van der Waals surface area contributed by atoms with Crippen LogP contribution in [0.15, 0.2) is 41.1 Å². The summed E-state index contributed by atoms with van der Waals surface area (Å²) in [6, 6.07) is 11.1. The topological polar surface area (TPSA) is 58.3 Å². The first-order valence-electron chi connectivity index (χ1n) is 8.33. The molecule has 0 unspecified atom stereocenters. The van der Waals surface area contributed by atoms with Crippen molar-refractivity contribution in [3.8, 4) is 0 Å². The molecule has 124 valence electrons. The van der Waals surface area contributed by atoms with Crippen LogP contribution >= 0.6 is 0 Å². The van der Waals surface area contributed by atoms with Crippen molar-refractivity contribution >= 4 is 22.9 Å². The van der Waals surface area contributed by atoms with Gasteiger partial charge in [-0.1, -0.05) is 12.1 Å². The molecule has 24 heavy (non-hydrogen) atoms. The summed E-state index contributed by atoms with van der Waals surface area (Å²) in [5.74, 6) is 0.989. The molecule has 6 heteroatoms. The Labute approximate surface area is 141 Å². The van der Waals surface area contributed by atoms with E-state index in [4.69, 9.17) is 4.42 Å². The fourth-order valence-electron chi connectivity index (χ4n) is 3.26. The SMILES string of the molecule is Cc1cc(N(C)C2CCN(c3nc4ccccc4o3)CC2)ncn1. The maximum atomic E-state index is 5.88. The highest BCUT2D eigenvalue weighted by Crippen LogP contribution is 2.26. The van der Waals surface area contributed by atoms with Gasteiger partial charge < -0.3 is 14.2 Å². The second-order valence-electron chi connectivity index (χ2n) is 6.31. The second-order valence-corrected chi connectivity index (χ2v) is 6.31. The number of nitrogens with zero attached hydrogens (tertiary/aromatic N) is 5. The molecule has 2 aromatic heterocycles. The van der Waals surface area contributed by atoms with E-state index in [1.807, 2.05) is 37.3 Å². The first-order valence-corrected chi connectivity index (χ1v) is 8.33. The van der Waals surface area contributed by atoms with E-state index in [1.54, 1.807) is 6.33 Å². The molecule has 0 bridgehead atoms. The molecule has 0 spiro atoms. The average molecular weight is 323 g/mol. The van der Waals surface area contributed by atoms with Crippen molar-refractivity contribution in [1.29, 1.82) is 0 Å². The number of hydrogen-bond acceptors (Lipinski definition) is 6. The normalized spacial score (nSPS) is 15.8. The van der Waals surface area contributed by atoms with Gasteiger partial charge in [-0.3, -0.25) is 0 Å². The Kier molecular flexibility index (Phi) is 3.80. The minimum absolute atomic E-state index is 0.472. The number of piperidine rings is 1. The highest BCUT2D eigenvalue weighted by molar-refractivity contribution is 5.74. The zero-order valence-electron chi connectivity index (χ0n) is 14.0. The van der Waals surface area contributed by atoms with Crippen LogP contribution in [0.4, 0.5) is 11.8 Å². The van der Waals surface area contributed by atoms with Crippen molar-refractivity contribution in [2.75, 3.05) is 29.9 Å². The van der Waals surface area contributed by atoms with E-state index in [2.05, 4.69) is 31.8 Å². The van der Waals surface area contributed by atoms with E-state index in [9.17, 15) is 0 Å². The number of hydrogen-bond donors (Lipinski definition) is 0. The lowest BCUT2D eigenvalue weighted by Crippen LogP contribution is -2.44. The van der Waals surface area contributed by atoms with E-state index >= 15 is 0 Å². The van der Waals surface area contributed by atoms with Crippen LogP contribution in [0.25, 0.3) is 11.1 Å². The van der Waals surface area contributed by atoms with Crippen LogP contribution in [-0.4, -0.2) is 41.1 Å². The number of anilines is 2. The van der Waals surface area contributed by atoms with E-state index < -0.39 is 0 Å². The molecule has 0 aliphatic carbocycles. The van der Waals surface area contributed by atoms with Gasteiger partial charge >= 0.3 is 0 Å². The number of aromatic nitrogens is 3. The molecule has 0 atom stereocenters. The maximum absolute atomic E-state index is 5.88. The highest BCUT2D eigenvalue weighted by Gasteiger charge is 2.25. The predicted molar refractivity (Wildman–Crippen MR) is 94.4 cm³/mol. The third kappa shape index (κ3) is 2.79. The van der Waals surface area contributed by atoms with Gasteiger partial charge in [0.2, 0.25) is 0 Å². The van der Waals surface area contributed by atoms with Gasteiger partial charge in [0.05, 0.1) is 0 Å². The van der Waals surface area contributed by atoms with Crippen LogP contribution in [0.5, 0.6) is 0 Å². The first kappa shape index (κ1) is 14.9. The second kappa shape index (κ2) is 6.11. The van der Waals surface area contributed by atoms with E-state index in [1.165, 1.54) is 0 Å². The summed E-state index contributed by atoms with van der Waals surface area (Å²) in [4.78, 5) is 17.7.